The molecule has 0 bridgehead atoms. The number of rotatable bonds is 7. The fourth-order valence-corrected chi connectivity index (χ4v) is 3.89. The summed E-state index contributed by atoms with van der Waals surface area (Å²) in [5.74, 6) is 1.04. The Kier molecular flexibility index (Phi) is 6.23. The van der Waals surface area contributed by atoms with Gasteiger partial charge in [0, 0.05) is 24.6 Å². The summed E-state index contributed by atoms with van der Waals surface area (Å²) in [6, 6.07) is 13.8. The lowest BCUT2D eigenvalue weighted by molar-refractivity contribution is 0.0952. The Labute approximate surface area is 177 Å². The lowest BCUT2D eigenvalue weighted by atomic mass is 9.97. The van der Waals surface area contributed by atoms with Gasteiger partial charge in [0.15, 0.2) is 0 Å². The number of amides is 1. The third-order valence-electron chi connectivity index (χ3n) is 5.60. The van der Waals surface area contributed by atoms with E-state index < -0.39 is 0 Å². The molecule has 30 heavy (non-hydrogen) atoms. The SMILES string of the molecule is Cc1nnc(-c2ccc(C)c(-c3ccc(C(=O)NCCCN4CCCC4)cc3)c2)o1. The molecule has 1 fully saturated rings. The molecule has 156 valence electrons. The highest BCUT2D eigenvalue weighted by Gasteiger charge is 2.12. The van der Waals surface area contributed by atoms with Crippen LogP contribution in [0, 0.1) is 13.8 Å². The molecule has 3 aromatic rings. The summed E-state index contributed by atoms with van der Waals surface area (Å²) in [4.78, 5) is 14.9. The Balaban J connectivity index is 1.39. The zero-order chi connectivity index (χ0) is 20.9. The summed E-state index contributed by atoms with van der Waals surface area (Å²) in [5.41, 5.74) is 4.85. The molecule has 1 aromatic heterocycles. The molecule has 6 nitrogen and oxygen atoms in total. The second-order valence-electron chi connectivity index (χ2n) is 7.89. The zero-order valence-electron chi connectivity index (χ0n) is 17.6. The molecule has 0 unspecified atom stereocenters. The van der Waals surface area contributed by atoms with Crippen molar-refractivity contribution in [3.05, 3.63) is 59.5 Å². The van der Waals surface area contributed by atoms with Gasteiger partial charge in [0.25, 0.3) is 5.91 Å². The van der Waals surface area contributed by atoms with Crippen molar-refractivity contribution in [2.45, 2.75) is 33.1 Å². The second-order valence-corrected chi connectivity index (χ2v) is 7.89. The van der Waals surface area contributed by atoms with Gasteiger partial charge in [0.1, 0.15) is 0 Å². The van der Waals surface area contributed by atoms with Gasteiger partial charge in [-0.3, -0.25) is 4.79 Å². The number of benzene rings is 2. The van der Waals surface area contributed by atoms with Gasteiger partial charge in [-0.2, -0.15) is 0 Å². The molecule has 4 rings (SSSR count). The highest BCUT2D eigenvalue weighted by Crippen LogP contribution is 2.29. The highest BCUT2D eigenvalue weighted by atomic mass is 16.4. The molecule has 0 atom stereocenters. The van der Waals surface area contributed by atoms with Crippen LogP contribution in [0.3, 0.4) is 0 Å². The van der Waals surface area contributed by atoms with Crippen LogP contribution < -0.4 is 5.32 Å². The van der Waals surface area contributed by atoms with Gasteiger partial charge in [0.05, 0.1) is 0 Å². The Bertz CT molecular complexity index is 1000. The van der Waals surface area contributed by atoms with Crippen molar-refractivity contribution in [1.82, 2.24) is 20.4 Å². The third kappa shape index (κ3) is 4.76. The van der Waals surface area contributed by atoms with E-state index in [-0.39, 0.29) is 5.91 Å². The van der Waals surface area contributed by atoms with E-state index in [1.54, 1.807) is 6.92 Å². The molecule has 1 aliphatic rings. The number of aromatic nitrogens is 2. The largest absolute Gasteiger partial charge is 0.421 e. The van der Waals surface area contributed by atoms with Crippen molar-refractivity contribution in [1.29, 1.82) is 0 Å². The van der Waals surface area contributed by atoms with Crippen LogP contribution >= 0.6 is 0 Å². The van der Waals surface area contributed by atoms with Crippen LogP contribution in [0.2, 0.25) is 0 Å². The van der Waals surface area contributed by atoms with E-state index >= 15 is 0 Å². The van der Waals surface area contributed by atoms with E-state index in [0.717, 1.165) is 35.2 Å². The maximum Gasteiger partial charge on any atom is 0.251 e. The van der Waals surface area contributed by atoms with Crippen molar-refractivity contribution >= 4 is 5.91 Å². The van der Waals surface area contributed by atoms with E-state index in [1.165, 1.54) is 25.9 Å². The van der Waals surface area contributed by atoms with E-state index in [0.29, 0.717) is 23.9 Å². The number of likely N-dealkylation sites (tertiary alicyclic amines) is 1. The van der Waals surface area contributed by atoms with E-state index in [9.17, 15) is 4.79 Å². The van der Waals surface area contributed by atoms with Crippen LogP contribution in [0.4, 0.5) is 0 Å². The number of nitrogens with one attached hydrogen (secondary N) is 1. The Morgan fingerprint density at radius 3 is 2.47 bits per heavy atom. The van der Waals surface area contributed by atoms with Gasteiger partial charge in [-0.25, -0.2) is 0 Å². The van der Waals surface area contributed by atoms with Gasteiger partial charge in [-0.15, -0.1) is 10.2 Å². The molecular formula is C24H28N4O2. The average molecular weight is 405 g/mol. The molecule has 6 heteroatoms. The Hall–Kier alpha value is -2.99. The number of hydrogen-bond acceptors (Lipinski definition) is 5. The van der Waals surface area contributed by atoms with Crippen molar-refractivity contribution in [3.8, 4) is 22.6 Å². The number of carbonyl (C=O) groups is 1. The third-order valence-corrected chi connectivity index (χ3v) is 5.60. The maximum absolute atomic E-state index is 12.4. The summed E-state index contributed by atoms with van der Waals surface area (Å²) in [7, 11) is 0. The van der Waals surface area contributed by atoms with Crippen LogP contribution in [0.25, 0.3) is 22.6 Å². The first-order valence-electron chi connectivity index (χ1n) is 10.6. The van der Waals surface area contributed by atoms with Gasteiger partial charge in [-0.05, 0) is 86.8 Å². The lowest BCUT2D eigenvalue weighted by Crippen LogP contribution is -2.28. The molecular weight excluding hydrogens is 376 g/mol. The molecule has 1 amide bonds. The first-order chi connectivity index (χ1) is 14.6. The fourth-order valence-electron chi connectivity index (χ4n) is 3.89. The lowest BCUT2D eigenvalue weighted by Gasteiger charge is -2.14. The van der Waals surface area contributed by atoms with Crippen molar-refractivity contribution in [3.63, 3.8) is 0 Å². The smallest absolute Gasteiger partial charge is 0.251 e. The summed E-state index contributed by atoms with van der Waals surface area (Å²) >= 11 is 0. The zero-order valence-corrected chi connectivity index (χ0v) is 17.6. The first-order valence-corrected chi connectivity index (χ1v) is 10.6. The van der Waals surface area contributed by atoms with Crippen LogP contribution in [0.1, 0.15) is 41.1 Å². The van der Waals surface area contributed by atoms with E-state index in [2.05, 4.69) is 33.4 Å². The minimum atomic E-state index is -0.0187. The second kappa shape index (κ2) is 9.22. The number of hydrogen-bond donors (Lipinski definition) is 1. The van der Waals surface area contributed by atoms with Crippen molar-refractivity contribution in [2.24, 2.45) is 0 Å². The van der Waals surface area contributed by atoms with Gasteiger partial charge >= 0.3 is 0 Å². The Morgan fingerprint density at radius 2 is 1.77 bits per heavy atom. The van der Waals surface area contributed by atoms with Gasteiger partial charge < -0.3 is 14.6 Å². The average Bonchev–Trinajstić information content (AvgIpc) is 3.43. The van der Waals surface area contributed by atoms with E-state index in [4.69, 9.17) is 4.42 Å². The molecule has 0 radical (unpaired) electrons. The van der Waals surface area contributed by atoms with Crippen molar-refractivity contribution in [2.75, 3.05) is 26.2 Å². The van der Waals surface area contributed by atoms with Crippen LogP contribution in [0.5, 0.6) is 0 Å². The fraction of sp³-hybridized carbons (Fsp3) is 0.375. The normalized spacial score (nSPS) is 14.2. The highest BCUT2D eigenvalue weighted by molar-refractivity contribution is 5.94. The van der Waals surface area contributed by atoms with Gasteiger partial charge in [0.2, 0.25) is 11.8 Å². The molecule has 1 saturated heterocycles. The summed E-state index contributed by atoms with van der Waals surface area (Å²) in [5, 5.41) is 11.0. The minimum Gasteiger partial charge on any atom is -0.421 e. The van der Waals surface area contributed by atoms with Crippen LogP contribution in [0.15, 0.2) is 46.9 Å². The summed E-state index contributed by atoms with van der Waals surface area (Å²) in [6.07, 6.45) is 3.59. The number of aryl methyl sites for hydroxylation is 2. The number of carbonyl (C=O) groups excluding carboxylic acids is 1. The topological polar surface area (TPSA) is 71.3 Å². The minimum absolute atomic E-state index is 0.0187. The maximum atomic E-state index is 12.4. The predicted octanol–water partition coefficient (Wildman–Crippen LogP) is 4.24. The molecule has 1 aliphatic heterocycles. The molecule has 2 aromatic carbocycles. The summed E-state index contributed by atoms with van der Waals surface area (Å²) in [6.45, 7) is 8.02. The summed E-state index contributed by atoms with van der Waals surface area (Å²) < 4.78 is 5.55. The number of nitrogens with zero attached hydrogens (tertiary/aromatic N) is 3. The predicted molar refractivity (Wildman–Crippen MR) is 117 cm³/mol. The molecule has 0 spiro atoms. The van der Waals surface area contributed by atoms with E-state index in [1.807, 2.05) is 36.4 Å². The molecule has 0 saturated carbocycles. The van der Waals surface area contributed by atoms with Crippen LogP contribution in [-0.4, -0.2) is 47.2 Å². The Morgan fingerprint density at radius 1 is 1.03 bits per heavy atom. The standard InChI is InChI=1S/C24H28N4O2/c1-17-6-7-21(24-27-26-18(2)30-24)16-22(17)19-8-10-20(11-9-19)23(29)25-12-5-15-28-13-3-4-14-28/h6-11,16H,3-5,12-15H2,1-2H3,(H,25,29). The monoisotopic (exact) mass is 404 g/mol. The van der Waals surface area contributed by atoms with Crippen molar-refractivity contribution < 1.29 is 9.21 Å². The first kappa shape index (κ1) is 20.3. The molecule has 2 heterocycles. The van der Waals surface area contributed by atoms with Gasteiger partial charge in [-0.1, -0.05) is 18.2 Å². The quantitative estimate of drug-likeness (QED) is 0.597. The van der Waals surface area contributed by atoms with Crippen LogP contribution in [-0.2, 0) is 0 Å². The molecule has 1 N–H and O–H groups in total. The molecule has 0 aliphatic carbocycles.